The van der Waals surface area contributed by atoms with Gasteiger partial charge in [0.05, 0.1) is 34.9 Å². The van der Waals surface area contributed by atoms with Gasteiger partial charge in [-0.3, -0.25) is 0 Å². The Labute approximate surface area is 102 Å². The minimum Gasteiger partial charge on any atom is -0.374 e. The van der Waals surface area contributed by atoms with Crippen molar-refractivity contribution in [2.75, 3.05) is 0 Å². The third-order valence-electron chi connectivity index (χ3n) is 4.94. The van der Waals surface area contributed by atoms with Crippen LogP contribution in [0.1, 0.15) is 38.5 Å². The number of ether oxygens (including phenoxy) is 2. The van der Waals surface area contributed by atoms with Crippen LogP contribution in [-0.2, 0) is 19.3 Å². The molecule has 0 aliphatic carbocycles. The molecule has 0 aromatic heterocycles. The molecule has 0 N–H and O–H groups in total. The Morgan fingerprint density at radius 3 is 1.53 bits per heavy atom. The van der Waals surface area contributed by atoms with E-state index in [1.807, 2.05) is 0 Å². The zero-order chi connectivity index (χ0) is 11.6. The van der Waals surface area contributed by atoms with Gasteiger partial charge in [0.2, 0.25) is 0 Å². The summed E-state index contributed by atoms with van der Waals surface area (Å²) in [6.45, 7) is 0. The number of hydrogen-bond donors (Lipinski definition) is 0. The average molecular weight is 258 g/mol. The minimum atomic E-state index is -3.05. The molecule has 4 fully saturated rings. The van der Waals surface area contributed by atoms with E-state index in [1.165, 1.54) is 0 Å². The molecular formula is C12H18O4S. The van der Waals surface area contributed by atoms with Crippen molar-refractivity contribution < 1.29 is 17.9 Å². The maximum absolute atomic E-state index is 12.7. The molecule has 4 heterocycles. The van der Waals surface area contributed by atoms with Gasteiger partial charge in [0.15, 0.2) is 9.84 Å². The van der Waals surface area contributed by atoms with Gasteiger partial charge in [0, 0.05) is 0 Å². The summed E-state index contributed by atoms with van der Waals surface area (Å²) in [7, 11) is -3.05. The predicted octanol–water partition coefficient (Wildman–Crippen LogP) is 1.04. The van der Waals surface area contributed by atoms with Crippen LogP contribution in [0, 0.1) is 0 Å². The van der Waals surface area contributed by atoms with E-state index in [0.717, 1.165) is 38.5 Å². The van der Waals surface area contributed by atoms with Crippen molar-refractivity contribution in [3.63, 3.8) is 0 Å². The second-order valence-electron chi connectivity index (χ2n) is 5.89. The summed E-state index contributed by atoms with van der Waals surface area (Å²) in [5.41, 5.74) is 0. The Morgan fingerprint density at radius 1 is 0.765 bits per heavy atom. The summed E-state index contributed by atoms with van der Waals surface area (Å²) in [5.74, 6) is 0. The minimum absolute atomic E-state index is 0.0240. The summed E-state index contributed by atoms with van der Waals surface area (Å²) < 4.78 is 36.7. The zero-order valence-electron chi connectivity index (χ0n) is 9.75. The van der Waals surface area contributed by atoms with Crippen molar-refractivity contribution in [3.8, 4) is 0 Å². The van der Waals surface area contributed by atoms with Gasteiger partial charge in [-0.1, -0.05) is 0 Å². The molecule has 4 bridgehead atoms. The first-order valence-corrected chi connectivity index (χ1v) is 8.29. The number of rotatable bonds is 2. The molecule has 4 aliphatic heterocycles. The lowest BCUT2D eigenvalue weighted by atomic mass is 10.00. The average Bonchev–Trinajstić information content (AvgIpc) is 3.07. The maximum atomic E-state index is 12.7. The highest BCUT2D eigenvalue weighted by molar-refractivity contribution is 7.92. The van der Waals surface area contributed by atoms with Gasteiger partial charge in [-0.2, -0.15) is 0 Å². The highest BCUT2D eigenvalue weighted by atomic mass is 32.2. The van der Waals surface area contributed by atoms with Crippen LogP contribution in [0.2, 0.25) is 0 Å². The van der Waals surface area contributed by atoms with Crippen LogP contribution in [0.4, 0.5) is 0 Å². The van der Waals surface area contributed by atoms with E-state index in [1.54, 1.807) is 0 Å². The van der Waals surface area contributed by atoms with Gasteiger partial charge in [-0.05, 0) is 38.5 Å². The Hall–Kier alpha value is -0.130. The predicted molar refractivity (Wildman–Crippen MR) is 61.5 cm³/mol. The van der Waals surface area contributed by atoms with E-state index in [2.05, 4.69) is 0 Å². The molecule has 4 aliphatic rings. The Balaban J connectivity index is 1.60. The smallest absolute Gasteiger partial charge is 0.161 e. The molecule has 6 unspecified atom stereocenters. The lowest BCUT2D eigenvalue weighted by Gasteiger charge is -2.26. The Morgan fingerprint density at radius 2 is 1.24 bits per heavy atom. The first kappa shape index (κ1) is 10.8. The second kappa shape index (κ2) is 3.45. The van der Waals surface area contributed by atoms with E-state index in [0.29, 0.717) is 0 Å². The summed E-state index contributed by atoms with van der Waals surface area (Å²) in [6.07, 6.45) is 5.76. The van der Waals surface area contributed by atoms with Gasteiger partial charge in [0.1, 0.15) is 0 Å². The zero-order valence-corrected chi connectivity index (χ0v) is 10.6. The fourth-order valence-electron chi connectivity index (χ4n) is 4.10. The molecule has 96 valence electrons. The molecule has 5 heteroatoms. The van der Waals surface area contributed by atoms with Crippen LogP contribution in [0.5, 0.6) is 0 Å². The third kappa shape index (κ3) is 1.45. The highest BCUT2D eigenvalue weighted by Crippen LogP contribution is 2.44. The molecule has 0 aromatic rings. The lowest BCUT2D eigenvalue weighted by molar-refractivity contribution is 0.103. The first-order valence-electron chi connectivity index (χ1n) is 6.68. The van der Waals surface area contributed by atoms with E-state index < -0.39 is 9.84 Å². The fraction of sp³-hybridized carbons (Fsp3) is 1.00. The van der Waals surface area contributed by atoms with Gasteiger partial charge in [0.25, 0.3) is 0 Å². The molecule has 0 saturated carbocycles. The van der Waals surface area contributed by atoms with Gasteiger partial charge in [-0.25, -0.2) is 8.42 Å². The van der Waals surface area contributed by atoms with Crippen LogP contribution >= 0.6 is 0 Å². The van der Waals surface area contributed by atoms with Crippen molar-refractivity contribution >= 4 is 9.84 Å². The van der Waals surface area contributed by atoms with Gasteiger partial charge in [-0.15, -0.1) is 0 Å². The molecule has 0 aromatic carbocycles. The van der Waals surface area contributed by atoms with E-state index in [4.69, 9.17) is 9.47 Å². The second-order valence-corrected chi connectivity index (χ2v) is 8.27. The van der Waals surface area contributed by atoms with Crippen LogP contribution < -0.4 is 0 Å². The quantitative estimate of drug-likeness (QED) is 0.742. The molecule has 6 atom stereocenters. The molecule has 0 spiro atoms. The van der Waals surface area contributed by atoms with Crippen molar-refractivity contribution in [2.45, 2.75) is 73.4 Å². The molecule has 0 amide bonds. The summed E-state index contributed by atoms with van der Waals surface area (Å²) in [5, 5.41) is -0.483. The topological polar surface area (TPSA) is 52.6 Å². The summed E-state index contributed by atoms with van der Waals surface area (Å²) in [4.78, 5) is 0. The van der Waals surface area contributed by atoms with Crippen LogP contribution in [0.15, 0.2) is 0 Å². The normalized spacial score (nSPS) is 52.5. The van der Waals surface area contributed by atoms with Crippen molar-refractivity contribution in [1.29, 1.82) is 0 Å². The first-order chi connectivity index (χ1) is 8.14. The van der Waals surface area contributed by atoms with Crippen LogP contribution in [0.25, 0.3) is 0 Å². The van der Waals surface area contributed by atoms with E-state index in [9.17, 15) is 8.42 Å². The van der Waals surface area contributed by atoms with Gasteiger partial charge < -0.3 is 9.47 Å². The Bertz CT molecular complexity index is 398. The fourth-order valence-corrected chi connectivity index (χ4v) is 6.76. The number of sulfone groups is 1. The van der Waals surface area contributed by atoms with E-state index in [-0.39, 0.29) is 34.9 Å². The monoisotopic (exact) mass is 258 g/mol. The lowest BCUT2D eigenvalue weighted by Crippen LogP contribution is -2.42. The van der Waals surface area contributed by atoms with Crippen molar-refractivity contribution in [1.82, 2.24) is 0 Å². The van der Waals surface area contributed by atoms with Crippen molar-refractivity contribution in [3.05, 3.63) is 0 Å². The maximum Gasteiger partial charge on any atom is 0.161 e. The summed E-state index contributed by atoms with van der Waals surface area (Å²) >= 11 is 0. The third-order valence-corrected chi connectivity index (χ3v) is 7.62. The van der Waals surface area contributed by atoms with E-state index >= 15 is 0 Å². The molecule has 4 saturated heterocycles. The molecular weight excluding hydrogens is 240 g/mol. The van der Waals surface area contributed by atoms with Crippen molar-refractivity contribution in [2.24, 2.45) is 0 Å². The molecule has 4 nitrogen and oxygen atoms in total. The highest BCUT2D eigenvalue weighted by Gasteiger charge is 2.55. The van der Waals surface area contributed by atoms with Crippen LogP contribution in [0.3, 0.4) is 0 Å². The Kier molecular flexibility index (Phi) is 2.19. The number of hydrogen-bond acceptors (Lipinski definition) is 4. The van der Waals surface area contributed by atoms with Crippen LogP contribution in [-0.4, -0.2) is 43.3 Å². The standard InChI is InChI=1S/C12H18O4S/c13-17(14,11-5-7-1-3-9(11)15-7)12-6-8-2-4-10(12)16-8/h7-12H,1-6H2. The number of fused-ring (bicyclic) bond motifs is 4. The molecule has 0 radical (unpaired) electrons. The molecule has 17 heavy (non-hydrogen) atoms. The summed E-state index contributed by atoms with van der Waals surface area (Å²) in [6, 6.07) is 0. The van der Waals surface area contributed by atoms with Gasteiger partial charge >= 0.3 is 0 Å². The molecule has 4 rings (SSSR count). The largest absolute Gasteiger partial charge is 0.374 e. The SMILES string of the molecule is O=S(=O)(C1CC2CCC1O2)C1CC2CCC1O2.